The number of aromatic amines is 1. The van der Waals surface area contributed by atoms with Gasteiger partial charge in [0, 0.05) is 35.5 Å². The quantitative estimate of drug-likeness (QED) is 0.722. The smallest absolute Gasteiger partial charge is 0.246 e. The molecule has 4 heteroatoms. The number of nitrogens with one attached hydrogen (secondary N) is 1. The lowest BCUT2D eigenvalue weighted by Crippen LogP contribution is -2.30. The van der Waals surface area contributed by atoms with Gasteiger partial charge in [0.15, 0.2) is 0 Å². The van der Waals surface area contributed by atoms with Crippen molar-refractivity contribution in [3.05, 3.63) is 48.3 Å². The summed E-state index contributed by atoms with van der Waals surface area (Å²) in [5.41, 5.74) is 2.94. The summed E-state index contributed by atoms with van der Waals surface area (Å²) in [6, 6.07) is 10.3. The molecule has 122 valence electrons. The Labute approximate surface area is 141 Å². The average Bonchev–Trinajstić information content (AvgIpc) is 2.79. The maximum Gasteiger partial charge on any atom is 0.246 e. The van der Waals surface area contributed by atoms with E-state index in [1.807, 2.05) is 35.4 Å². The van der Waals surface area contributed by atoms with Crippen molar-refractivity contribution >= 4 is 33.8 Å². The number of fused-ring (bicyclic) bond motifs is 3. The molecular formula is C20H21N3O. The van der Waals surface area contributed by atoms with E-state index in [4.69, 9.17) is 0 Å². The number of likely N-dealkylation sites (tertiary alicyclic amines) is 1. The molecule has 3 heterocycles. The minimum atomic E-state index is 0.0951. The van der Waals surface area contributed by atoms with Crippen LogP contribution in [0.2, 0.25) is 0 Å². The lowest BCUT2D eigenvalue weighted by Gasteiger charge is -2.17. The third-order valence-electron chi connectivity index (χ3n) is 4.73. The van der Waals surface area contributed by atoms with E-state index in [1.54, 1.807) is 6.08 Å². The van der Waals surface area contributed by atoms with E-state index in [9.17, 15) is 4.79 Å². The summed E-state index contributed by atoms with van der Waals surface area (Å²) < 4.78 is 0. The maximum atomic E-state index is 12.4. The molecule has 1 aliphatic rings. The molecule has 1 aliphatic heterocycles. The van der Waals surface area contributed by atoms with E-state index in [1.165, 1.54) is 18.2 Å². The Balaban J connectivity index is 1.59. The van der Waals surface area contributed by atoms with E-state index in [2.05, 4.69) is 22.1 Å². The van der Waals surface area contributed by atoms with Crippen molar-refractivity contribution in [2.45, 2.75) is 25.7 Å². The predicted octanol–water partition coefficient (Wildman–Crippen LogP) is 4.13. The highest BCUT2D eigenvalue weighted by Gasteiger charge is 2.12. The summed E-state index contributed by atoms with van der Waals surface area (Å²) in [5, 5.41) is 2.32. The van der Waals surface area contributed by atoms with Crippen molar-refractivity contribution in [1.29, 1.82) is 0 Å². The molecule has 4 nitrogen and oxygen atoms in total. The molecule has 1 fully saturated rings. The molecular weight excluding hydrogens is 298 g/mol. The van der Waals surface area contributed by atoms with Gasteiger partial charge < -0.3 is 9.88 Å². The Bertz CT molecular complexity index is 902. The van der Waals surface area contributed by atoms with Crippen LogP contribution in [-0.4, -0.2) is 33.9 Å². The molecule has 0 unspecified atom stereocenters. The molecule has 0 spiro atoms. The van der Waals surface area contributed by atoms with E-state index < -0.39 is 0 Å². The van der Waals surface area contributed by atoms with Crippen LogP contribution in [0.4, 0.5) is 0 Å². The van der Waals surface area contributed by atoms with E-state index in [-0.39, 0.29) is 5.91 Å². The molecule has 0 aliphatic carbocycles. The summed E-state index contributed by atoms with van der Waals surface area (Å²) in [6.45, 7) is 1.75. The number of benzene rings is 1. The monoisotopic (exact) mass is 319 g/mol. The fraction of sp³-hybridized carbons (Fsp3) is 0.300. The van der Waals surface area contributed by atoms with Crippen molar-refractivity contribution in [1.82, 2.24) is 14.9 Å². The zero-order valence-electron chi connectivity index (χ0n) is 13.7. The van der Waals surface area contributed by atoms with Crippen LogP contribution in [0.25, 0.3) is 27.9 Å². The molecule has 0 atom stereocenters. The first-order valence-electron chi connectivity index (χ1n) is 8.65. The Hall–Kier alpha value is -2.62. The van der Waals surface area contributed by atoms with Crippen molar-refractivity contribution in [2.24, 2.45) is 0 Å². The van der Waals surface area contributed by atoms with Crippen LogP contribution in [0.15, 0.2) is 42.6 Å². The molecule has 4 rings (SSSR count). The fourth-order valence-electron chi connectivity index (χ4n) is 3.41. The maximum absolute atomic E-state index is 12.4. The number of carbonyl (C=O) groups excluding carboxylic acids is 1. The molecule has 0 radical (unpaired) electrons. The molecule has 1 aromatic carbocycles. The molecule has 1 amide bonds. The second kappa shape index (κ2) is 6.48. The molecule has 24 heavy (non-hydrogen) atoms. The predicted molar refractivity (Wildman–Crippen MR) is 97.7 cm³/mol. The van der Waals surface area contributed by atoms with Gasteiger partial charge in [0.1, 0.15) is 0 Å². The Morgan fingerprint density at radius 3 is 2.67 bits per heavy atom. The number of carbonyl (C=O) groups is 1. The summed E-state index contributed by atoms with van der Waals surface area (Å²) in [4.78, 5) is 22.1. The minimum absolute atomic E-state index is 0.0951. The second-order valence-corrected chi connectivity index (χ2v) is 6.40. The van der Waals surface area contributed by atoms with Crippen LogP contribution in [0.1, 0.15) is 31.4 Å². The van der Waals surface area contributed by atoms with Gasteiger partial charge in [0.25, 0.3) is 0 Å². The van der Waals surface area contributed by atoms with Gasteiger partial charge in [0.2, 0.25) is 5.91 Å². The Morgan fingerprint density at radius 1 is 1.04 bits per heavy atom. The first kappa shape index (κ1) is 14.9. The standard InChI is InChI=1S/C20H21N3O/c24-20(23-11-5-1-2-6-12-23)10-9-15-13-17-16-7-3-4-8-18(16)22-19(17)14-21-15/h3-4,7-10,13-14,22H,1-2,5-6,11-12H2/b10-9+. The summed E-state index contributed by atoms with van der Waals surface area (Å²) in [7, 11) is 0. The van der Waals surface area contributed by atoms with Gasteiger partial charge in [-0.1, -0.05) is 31.0 Å². The van der Waals surface area contributed by atoms with Gasteiger partial charge in [0.05, 0.1) is 17.4 Å². The molecule has 1 saturated heterocycles. The van der Waals surface area contributed by atoms with E-state index in [0.717, 1.165) is 48.0 Å². The SMILES string of the molecule is O=C(/C=C/c1cc2c(cn1)[nH]c1ccccc12)N1CCCCCC1. The van der Waals surface area contributed by atoms with Gasteiger partial charge >= 0.3 is 0 Å². The van der Waals surface area contributed by atoms with Crippen LogP contribution >= 0.6 is 0 Å². The largest absolute Gasteiger partial charge is 0.353 e. The lowest BCUT2D eigenvalue weighted by atomic mass is 10.1. The summed E-state index contributed by atoms with van der Waals surface area (Å²) in [6.07, 6.45) is 10.0. The van der Waals surface area contributed by atoms with Gasteiger partial charge in [-0.25, -0.2) is 0 Å². The topological polar surface area (TPSA) is 49.0 Å². The van der Waals surface area contributed by atoms with Crippen LogP contribution in [0, 0.1) is 0 Å². The summed E-state index contributed by atoms with van der Waals surface area (Å²) in [5.74, 6) is 0.0951. The van der Waals surface area contributed by atoms with Gasteiger partial charge in [-0.05, 0) is 31.1 Å². The number of para-hydroxylation sites is 1. The minimum Gasteiger partial charge on any atom is -0.353 e. The normalized spacial score (nSPS) is 16.1. The number of hydrogen-bond donors (Lipinski definition) is 1. The zero-order valence-corrected chi connectivity index (χ0v) is 13.7. The third-order valence-corrected chi connectivity index (χ3v) is 4.73. The van der Waals surface area contributed by atoms with Gasteiger partial charge in [-0.15, -0.1) is 0 Å². The third kappa shape index (κ3) is 2.92. The Kier molecular flexibility index (Phi) is 4.03. The number of aromatic nitrogens is 2. The van der Waals surface area contributed by atoms with Crippen LogP contribution in [0.5, 0.6) is 0 Å². The average molecular weight is 319 g/mol. The van der Waals surface area contributed by atoms with Crippen LogP contribution in [-0.2, 0) is 4.79 Å². The number of amides is 1. The number of pyridine rings is 1. The highest BCUT2D eigenvalue weighted by atomic mass is 16.2. The van der Waals surface area contributed by atoms with Crippen LogP contribution in [0.3, 0.4) is 0 Å². The lowest BCUT2D eigenvalue weighted by molar-refractivity contribution is -0.125. The zero-order chi connectivity index (χ0) is 16.4. The number of nitrogens with zero attached hydrogens (tertiary/aromatic N) is 2. The van der Waals surface area contributed by atoms with Crippen molar-refractivity contribution in [3.8, 4) is 0 Å². The van der Waals surface area contributed by atoms with E-state index >= 15 is 0 Å². The first-order chi connectivity index (χ1) is 11.8. The number of hydrogen-bond acceptors (Lipinski definition) is 2. The molecule has 3 aromatic rings. The van der Waals surface area contributed by atoms with Crippen molar-refractivity contribution < 1.29 is 4.79 Å². The molecule has 0 saturated carbocycles. The van der Waals surface area contributed by atoms with E-state index in [0.29, 0.717) is 0 Å². The molecule has 0 bridgehead atoms. The molecule has 2 aromatic heterocycles. The Morgan fingerprint density at radius 2 is 1.83 bits per heavy atom. The van der Waals surface area contributed by atoms with Crippen molar-refractivity contribution in [3.63, 3.8) is 0 Å². The van der Waals surface area contributed by atoms with Crippen LogP contribution < -0.4 is 0 Å². The highest BCUT2D eigenvalue weighted by molar-refractivity contribution is 6.07. The van der Waals surface area contributed by atoms with Gasteiger partial charge in [-0.3, -0.25) is 9.78 Å². The number of rotatable bonds is 2. The summed E-state index contributed by atoms with van der Waals surface area (Å²) >= 11 is 0. The fourth-order valence-corrected chi connectivity index (χ4v) is 3.41. The molecule has 1 N–H and O–H groups in total. The number of H-pyrrole nitrogens is 1. The van der Waals surface area contributed by atoms with Crippen molar-refractivity contribution in [2.75, 3.05) is 13.1 Å². The van der Waals surface area contributed by atoms with Gasteiger partial charge in [-0.2, -0.15) is 0 Å². The second-order valence-electron chi connectivity index (χ2n) is 6.40. The first-order valence-corrected chi connectivity index (χ1v) is 8.65. The highest BCUT2D eigenvalue weighted by Crippen LogP contribution is 2.25.